The molecule has 1 heterocycles. The van der Waals surface area contributed by atoms with Crippen molar-refractivity contribution in [3.8, 4) is 5.75 Å². The molecule has 0 saturated heterocycles. The van der Waals surface area contributed by atoms with Crippen LogP contribution in [0.15, 0.2) is 6.07 Å². The third kappa shape index (κ3) is 3.38. The van der Waals surface area contributed by atoms with E-state index < -0.39 is 18.1 Å². The highest BCUT2D eigenvalue weighted by Gasteiger charge is 2.19. The van der Waals surface area contributed by atoms with Crippen molar-refractivity contribution >= 4 is 5.97 Å². The smallest absolute Gasteiger partial charge is 0.311 e. The summed E-state index contributed by atoms with van der Waals surface area (Å²) in [6.07, 6.45) is -2.87. The van der Waals surface area contributed by atoms with Gasteiger partial charge in [-0.2, -0.15) is 0 Å². The fraction of sp³-hybridized carbons (Fsp3) is 0.500. The summed E-state index contributed by atoms with van der Waals surface area (Å²) < 4.78 is 35.1. The molecule has 18 heavy (non-hydrogen) atoms. The normalized spacial score (nSPS) is 10.6. The zero-order chi connectivity index (χ0) is 13.7. The number of aromatic nitrogens is 1. The zero-order valence-corrected chi connectivity index (χ0v) is 10.5. The molecule has 6 heteroatoms. The van der Waals surface area contributed by atoms with E-state index in [1.165, 1.54) is 13.2 Å². The molecule has 1 rings (SSSR count). The first-order valence-corrected chi connectivity index (χ1v) is 5.47. The topological polar surface area (TPSA) is 48.4 Å². The van der Waals surface area contributed by atoms with Crippen molar-refractivity contribution in [3.05, 3.63) is 23.0 Å². The fourth-order valence-electron chi connectivity index (χ4n) is 1.49. The van der Waals surface area contributed by atoms with E-state index in [1.54, 1.807) is 13.8 Å². The maximum Gasteiger partial charge on any atom is 0.311 e. The summed E-state index contributed by atoms with van der Waals surface area (Å²) in [7, 11) is 1.30. The lowest BCUT2D eigenvalue weighted by atomic mass is 10.1. The second-order valence-corrected chi connectivity index (χ2v) is 3.62. The summed E-state index contributed by atoms with van der Waals surface area (Å²) in [5.41, 5.74) is 0.441. The van der Waals surface area contributed by atoms with Gasteiger partial charge in [-0.25, -0.2) is 13.8 Å². The van der Waals surface area contributed by atoms with Crippen molar-refractivity contribution in [1.29, 1.82) is 0 Å². The largest absolute Gasteiger partial charge is 0.495 e. The van der Waals surface area contributed by atoms with E-state index in [0.29, 0.717) is 5.56 Å². The second kappa shape index (κ2) is 6.28. The Labute approximate surface area is 104 Å². The Kier molecular flexibility index (Phi) is 5.00. The molecular weight excluding hydrogens is 244 g/mol. The molecule has 0 aliphatic carbocycles. The molecule has 100 valence electrons. The highest BCUT2D eigenvalue weighted by Crippen LogP contribution is 2.29. The van der Waals surface area contributed by atoms with Crippen molar-refractivity contribution in [2.45, 2.75) is 26.7 Å². The quantitative estimate of drug-likeness (QED) is 0.762. The number of hydrogen-bond donors (Lipinski definition) is 0. The van der Waals surface area contributed by atoms with Crippen LogP contribution in [-0.4, -0.2) is 24.7 Å². The molecule has 0 spiro atoms. The molecule has 4 nitrogen and oxygen atoms in total. The number of aryl methyl sites for hydroxylation is 1. The number of rotatable bonds is 5. The van der Waals surface area contributed by atoms with Crippen LogP contribution in [0.25, 0.3) is 0 Å². The Balaban J connectivity index is 3.05. The van der Waals surface area contributed by atoms with E-state index in [1.807, 2.05) is 0 Å². The SMILES string of the molecule is CCOC(=O)Cc1nc(C(F)F)c(OC)cc1C. The van der Waals surface area contributed by atoms with Crippen molar-refractivity contribution in [3.63, 3.8) is 0 Å². The van der Waals surface area contributed by atoms with Gasteiger partial charge in [0.1, 0.15) is 11.4 Å². The van der Waals surface area contributed by atoms with Crippen LogP contribution >= 0.6 is 0 Å². The van der Waals surface area contributed by atoms with E-state index in [2.05, 4.69) is 4.98 Å². The van der Waals surface area contributed by atoms with Crippen LogP contribution in [0.1, 0.15) is 30.3 Å². The lowest BCUT2D eigenvalue weighted by Gasteiger charge is -2.11. The molecule has 1 aromatic heterocycles. The Morgan fingerprint density at radius 2 is 2.17 bits per heavy atom. The van der Waals surface area contributed by atoms with Gasteiger partial charge < -0.3 is 9.47 Å². The minimum absolute atomic E-state index is 0.0232. The maximum absolute atomic E-state index is 12.8. The molecule has 1 aromatic rings. The average Bonchev–Trinajstić information content (AvgIpc) is 2.31. The number of methoxy groups -OCH3 is 1. The molecule has 0 bridgehead atoms. The number of esters is 1. The first kappa shape index (κ1) is 14.3. The van der Waals surface area contributed by atoms with Crippen LogP contribution in [0.3, 0.4) is 0 Å². The van der Waals surface area contributed by atoms with Crippen LogP contribution in [0.5, 0.6) is 5.75 Å². The van der Waals surface area contributed by atoms with E-state index >= 15 is 0 Å². The van der Waals surface area contributed by atoms with E-state index in [9.17, 15) is 13.6 Å². The van der Waals surface area contributed by atoms with E-state index in [0.717, 1.165) is 0 Å². The predicted octanol–water partition coefficient (Wildman–Crippen LogP) is 2.44. The van der Waals surface area contributed by atoms with E-state index in [4.69, 9.17) is 9.47 Å². The Bertz CT molecular complexity index is 436. The molecular formula is C12H15F2NO3. The van der Waals surface area contributed by atoms with Crippen LogP contribution < -0.4 is 4.74 Å². The monoisotopic (exact) mass is 259 g/mol. The number of carbonyl (C=O) groups is 1. The number of nitrogens with zero attached hydrogens (tertiary/aromatic N) is 1. The molecule has 0 aliphatic rings. The Morgan fingerprint density at radius 3 is 2.67 bits per heavy atom. The van der Waals surface area contributed by atoms with Gasteiger partial charge >= 0.3 is 5.97 Å². The first-order chi connectivity index (χ1) is 8.49. The van der Waals surface area contributed by atoms with Crippen LogP contribution in [0.4, 0.5) is 8.78 Å². The molecule has 0 N–H and O–H groups in total. The van der Waals surface area contributed by atoms with Gasteiger partial charge in [0.05, 0.1) is 25.8 Å². The highest BCUT2D eigenvalue weighted by atomic mass is 19.3. The summed E-state index contributed by atoms with van der Waals surface area (Å²) in [5.74, 6) is -0.464. The minimum atomic E-state index is -2.75. The standard InChI is InChI=1S/C12H15F2NO3/c1-4-18-10(16)6-8-7(2)5-9(17-3)11(15-8)12(13)14/h5,12H,4,6H2,1-3H3. The van der Waals surface area contributed by atoms with Gasteiger partial charge in [0.2, 0.25) is 0 Å². The Hall–Kier alpha value is -1.72. The summed E-state index contributed by atoms with van der Waals surface area (Å²) in [5, 5.41) is 0. The zero-order valence-electron chi connectivity index (χ0n) is 10.5. The second-order valence-electron chi connectivity index (χ2n) is 3.62. The predicted molar refractivity (Wildman–Crippen MR) is 60.8 cm³/mol. The minimum Gasteiger partial charge on any atom is -0.495 e. The van der Waals surface area contributed by atoms with Crippen molar-refractivity contribution in [2.24, 2.45) is 0 Å². The molecule has 0 aliphatic heterocycles. The van der Waals surface area contributed by atoms with Crippen molar-refractivity contribution in [1.82, 2.24) is 4.98 Å². The summed E-state index contributed by atoms with van der Waals surface area (Å²) >= 11 is 0. The molecule has 0 unspecified atom stereocenters. The summed E-state index contributed by atoms with van der Waals surface area (Å²) in [6.45, 7) is 3.60. The molecule has 0 saturated carbocycles. The molecule has 0 atom stereocenters. The Morgan fingerprint density at radius 1 is 1.50 bits per heavy atom. The highest BCUT2D eigenvalue weighted by molar-refractivity contribution is 5.72. The van der Waals surface area contributed by atoms with Crippen LogP contribution in [0.2, 0.25) is 0 Å². The fourth-order valence-corrected chi connectivity index (χ4v) is 1.49. The van der Waals surface area contributed by atoms with Gasteiger partial charge in [-0.1, -0.05) is 0 Å². The van der Waals surface area contributed by atoms with E-state index in [-0.39, 0.29) is 24.5 Å². The molecule has 0 amide bonds. The number of carbonyl (C=O) groups excluding carboxylic acids is 1. The molecule has 0 fully saturated rings. The van der Waals surface area contributed by atoms with Gasteiger partial charge in [-0.3, -0.25) is 4.79 Å². The first-order valence-electron chi connectivity index (χ1n) is 5.47. The van der Waals surface area contributed by atoms with Gasteiger partial charge in [0.15, 0.2) is 0 Å². The van der Waals surface area contributed by atoms with Crippen molar-refractivity contribution < 1.29 is 23.0 Å². The van der Waals surface area contributed by atoms with Crippen LogP contribution in [-0.2, 0) is 16.0 Å². The summed E-state index contributed by atoms with van der Waals surface area (Å²) in [4.78, 5) is 15.1. The summed E-state index contributed by atoms with van der Waals surface area (Å²) in [6, 6.07) is 1.45. The third-order valence-corrected chi connectivity index (χ3v) is 2.35. The molecule has 0 aromatic carbocycles. The van der Waals surface area contributed by atoms with Crippen LogP contribution in [0, 0.1) is 6.92 Å². The van der Waals surface area contributed by atoms with Gasteiger partial charge in [0.25, 0.3) is 6.43 Å². The number of ether oxygens (including phenoxy) is 2. The van der Waals surface area contributed by atoms with Gasteiger partial charge in [0, 0.05) is 0 Å². The lowest BCUT2D eigenvalue weighted by Crippen LogP contribution is -2.11. The lowest BCUT2D eigenvalue weighted by molar-refractivity contribution is -0.142. The average molecular weight is 259 g/mol. The maximum atomic E-state index is 12.8. The van der Waals surface area contributed by atoms with Crippen molar-refractivity contribution in [2.75, 3.05) is 13.7 Å². The van der Waals surface area contributed by atoms with Gasteiger partial charge in [-0.15, -0.1) is 0 Å². The number of halogens is 2. The van der Waals surface area contributed by atoms with Gasteiger partial charge in [-0.05, 0) is 25.5 Å². The third-order valence-electron chi connectivity index (χ3n) is 2.35. The molecule has 0 radical (unpaired) electrons. The number of hydrogen-bond acceptors (Lipinski definition) is 4. The number of pyridine rings is 1. The number of alkyl halides is 2.